The minimum absolute atomic E-state index is 0.217. The van der Waals surface area contributed by atoms with Crippen molar-refractivity contribution in [2.75, 3.05) is 52.5 Å². The smallest absolute Gasteiger partial charge is 0.0897 e. The van der Waals surface area contributed by atoms with Gasteiger partial charge in [-0.15, -0.1) is 11.3 Å². The van der Waals surface area contributed by atoms with Crippen LogP contribution in [0.2, 0.25) is 0 Å². The molecule has 0 bridgehead atoms. The Morgan fingerprint density at radius 1 is 1.36 bits per heavy atom. The summed E-state index contributed by atoms with van der Waals surface area (Å²) in [5.41, 5.74) is 1.40. The maximum absolute atomic E-state index is 9.22. The van der Waals surface area contributed by atoms with Crippen molar-refractivity contribution in [2.24, 2.45) is 5.41 Å². The number of aryl methyl sites for hydroxylation is 1. The summed E-state index contributed by atoms with van der Waals surface area (Å²) in [6, 6.07) is 0. The lowest BCUT2D eigenvalue weighted by Gasteiger charge is -2.43. The van der Waals surface area contributed by atoms with Gasteiger partial charge in [-0.1, -0.05) is 0 Å². The quantitative estimate of drug-likeness (QED) is 0.906. The highest BCUT2D eigenvalue weighted by atomic mass is 32.1. The van der Waals surface area contributed by atoms with E-state index in [4.69, 9.17) is 4.74 Å². The lowest BCUT2D eigenvalue weighted by molar-refractivity contribution is 0.000782. The molecule has 0 unspecified atom stereocenters. The van der Waals surface area contributed by atoms with Gasteiger partial charge in [-0.25, -0.2) is 4.98 Å². The van der Waals surface area contributed by atoms with E-state index in [0.29, 0.717) is 0 Å². The molecule has 1 atom stereocenters. The zero-order valence-corrected chi connectivity index (χ0v) is 14.3. The molecule has 3 rings (SSSR count). The Kier molecular flexibility index (Phi) is 5.46. The highest BCUT2D eigenvalue weighted by Gasteiger charge is 2.38. The molecule has 0 saturated carbocycles. The zero-order valence-electron chi connectivity index (χ0n) is 13.5. The lowest BCUT2D eigenvalue weighted by atomic mass is 9.80. The number of β-amino-alcohol motifs (C(OH)–C–C–N with tert-alkyl or cyclic N) is 1. The third-order valence-electron chi connectivity index (χ3n) is 4.73. The summed E-state index contributed by atoms with van der Waals surface area (Å²) in [5, 5.41) is 12.5. The summed E-state index contributed by atoms with van der Waals surface area (Å²) in [6.45, 7) is 9.89. The maximum atomic E-state index is 9.22. The van der Waals surface area contributed by atoms with Gasteiger partial charge in [0.1, 0.15) is 0 Å². The Balaban J connectivity index is 1.66. The van der Waals surface area contributed by atoms with Crippen molar-refractivity contribution in [3.8, 4) is 0 Å². The first-order valence-corrected chi connectivity index (χ1v) is 9.11. The summed E-state index contributed by atoms with van der Waals surface area (Å²) in [6.07, 6.45) is 2.43. The summed E-state index contributed by atoms with van der Waals surface area (Å²) in [5.74, 6) is 0. The Labute approximate surface area is 136 Å². The van der Waals surface area contributed by atoms with Gasteiger partial charge in [-0.05, 0) is 26.3 Å². The first kappa shape index (κ1) is 16.3. The molecule has 5 nitrogen and oxygen atoms in total. The second-order valence-corrected chi connectivity index (χ2v) is 7.79. The minimum atomic E-state index is 0.217. The monoisotopic (exact) mass is 325 g/mol. The van der Waals surface area contributed by atoms with Gasteiger partial charge in [-0.2, -0.15) is 0 Å². The van der Waals surface area contributed by atoms with Crippen LogP contribution in [0.15, 0.2) is 5.38 Å². The predicted octanol–water partition coefficient (Wildman–Crippen LogP) is 1.36. The van der Waals surface area contributed by atoms with E-state index in [9.17, 15) is 5.11 Å². The average Bonchev–Trinajstić information content (AvgIpc) is 2.79. The number of rotatable bonds is 4. The molecule has 1 aromatic rings. The molecule has 6 heteroatoms. The van der Waals surface area contributed by atoms with Gasteiger partial charge in [0, 0.05) is 43.5 Å². The lowest BCUT2D eigenvalue weighted by Crippen LogP contribution is -2.50. The first-order valence-electron chi connectivity index (χ1n) is 8.23. The van der Waals surface area contributed by atoms with Crippen LogP contribution >= 0.6 is 11.3 Å². The van der Waals surface area contributed by atoms with Gasteiger partial charge >= 0.3 is 0 Å². The molecule has 1 aromatic heterocycles. The summed E-state index contributed by atoms with van der Waals surface area (Å²) < 4.78 is 5.94. The molecule has 0 aromatic carbocycles. The third kappa shape index (κ3) is 4.06. The summed E-state index contributed by atoms with van der Waals surface area (Å²) in [4.78, 5) is 9.50. The zero-order chi connectivity index (χ0) is 15.4. The fraction of sp³-hybridized carbons (Fsp3) is 0.812. The number of piperidine rings is 1. The van der Waals surface area contributed by atoms with Crippen molar-refractivity contribution in [3.05, 3.63) is 16.1 Å². The molecule has 2 aliphatic heterocycles. The Morgan fingerprint density at radius 3 is 3.00 bits per heavy atom. The molecule has 22 heavy (non-hydrogen) atoms. The Hall–Kier alpha value is -0.530. The fourth-order valence-electron chi connectivity index (χ4n) is 3.82. The van der Waals surface area contributed by atoms with E-state index < -0.39 is 0 Å². The maximum Gasteiger partial charge on any atom is 0.0897 e. The van der Waals surface area contributed by atoms with Crippen LogP contribution in [0.1, 0.15) is 23.5 Å². The molecule has 124 valence electrons. The number of nitrogens with zero attached hydrogens (tertiary/aromatic N) is 3. The minimum Gasteiger partial charge on any atom is -0.395 e. The number of thiazole rings is 1. The SMILES string of the molecule is Cc1nc(CN2CCOC[C@]3(CCCN(CCO)C3)C2)cs1. The number of aliphatic hydroxyl groups is 1. The Bertz CT molecular complexity index is 480. The predicted molar refractivity (Wildman–Crippen MR) is 88.1 cm³/mol. The van der Waals surface area contributed by atoms with Crippen LogP contribution in [0.4, 0.5) is 0 Å². The van der Waals surface area contributed by atoms with Crippen molar-refractivity contribution in [3.63, 3.8) is 0 Å². The van der Waals surface area contributed by atoms with Crippen molar-refractivity contribution < 1.29 is 9.84 Å². The normalized spacial score (nSPS) is 28.1. The summed E-state index contributed by atoms with van der Waals surface area (Å²) >= 11 is 1.73. The molecule has 0 aliphatic carbocycles. The second-order valence-electron chi connectivity index (χ2n) is 6.72. The first-order chi connectivity index (χ1) is 10.7. The van der Waals surface area contributed by atoms with E-state index in [1.165, 1.54) is 18.5 Å². The van der Waals surface area contributed by atoms with Crippen molar-refractivity contribution in [2.45, 2.75) is 26.3 Å². The molecule has 1 spiro atoms. The molecule has 2 fully saturated rings. The van der Waals surface area contributed by atoms with Crippen LogP contribution in [0.3, 0.4) is 0 Å². The molecule has 2 aliphatic rings. The van der Waals surface area contributed by atoms with Crippen LogP contribution in [0, 0.1) is 12.3 Å². The van der Waals surface area contributed by atoms with E-state index in [0.717, 1.165) is 57.5 Å². The average molecular weight is 325 g/mol. The van der Waals surface area contributed by atoms with Crippen LogP contribution in [-0.4, -0.2) is 72.4 Å². The highest BCUT2D eigenvalue weighted by molar-refractivity contribution is 7.09. The van der Waals surface area contributed by atoms with E-state index in [-0.39, 0.29) is 12.0 Å². The standard InChI is InChI=1S/C16H27N3O2S/c1-14-17-15(10-22-14)9-19-6-8-21-13-16(12-19)3-2-4-18(11-16)5-7-20/h10,20H,2-9,11-13H2,1H3/t16-/m0/s1. The van der Waals surface area contributed by atoms with Crippen LogP contribution in [0.25, 0.3) is 0 Å². The topological polar surface area (TPSA) is 48.8 Å². The van der Waals surface area contributed by atoms with Crippen molar-refractivity contribution >= 4 is 11.3 Å². The number of hydrogen-bond donors (Lipinski definition) is 1. The number of aliphatic hydroxyl groups excluding tert-OH is 1. The van der Waals surface area contributed by atoms with Gasteiger partial charge in [-0.3, -0.25) is 4.90 Å². The molecule has 0 radical (unpaired) electrons. The van der Waals surface area contributed by atoms with E-state index in [2.05, 4.69) is 27.1 Å². The summed E-state index contributed by atoms with van der Waals surface area (Å²) in [7, 11) is 0. The van der Waals surface area contributed by atoms with E-state index in [1.807, 2.05) is 0 Å². The second kappa shape index (κ2) is 7.36. The van der Waals surface area contributed by atoms with Crippen molar-refractivity contribution in [1.82, 2.24) is 14.8 Å². The van der Waals surface area contributed by atoms with E-state index >= 15 is 0 Å². The van der Waals surface area contributed by atoms with E-state index in [1.54, 1.807) is 11.3 Å². The number of likely N-dealkylation sites (tertiary alicyclic amines) is 1. The largest absolute Gasteiger partial charge is 0.395 e. The molecule has 1 N–H and O–H groups in total. The van der Waals surface area contributed by atoms with Gasteiger partial charge in [0.05, 0.1) is 30.5 Å². The van der Waals surface area contributed by atoms with Crippen molar-refractivity contribution in [1.29, 1.82) is 0 Å². The van der Waals surface area contributed by atoms with Gasteiger partial charge in [0.25, 0.3) is 0 Å². The molecule has 3 heterocycles. The fourth-order valence-corrected chi connectivity index (χ4v) is 4.42. The molecule has 2 saturated heterocycles. The number of ether oxygens (including phenoxy) is 1. The van der Waals surface area contributed by atoms with Crippen LogP contribution in [-0.2, 0) is 11.3 Å². The van der Waals surface area contributed by atoms with Gasteiger partial charge in [0.15, 0.2) is 0 Å². The van der Waals surface area contributed by atoms with Crippen LogP contribution in [0.5, 0.6) is 0 Å². The highest BCUT2D eigenvalue weighted by Crippen LogP contribution is 2.33. The number of aromatic nitrogens is 1. The Morgan fingerprint density at radius 2 is 2.23 bits per heavy atom. The van der Waals surface area contributed by atoms with Crippen LogP contribution < -0.4 is 0 Å². The molecule has 0 amide bonds. The third-order valence-corrected chi connectivity index (χ3v) is 5.55. The number of hydrogen-bond acceptors (Lipinski definition) is 6. The molecular weight excluding hydrogens is 298 g/mol. The van der Waals surface area contributed by atoms with Gasteiger partial charge in [0.2, 0.25) is 0 Å². The van der Waals surface area contributed by atoms with Gasteiger partial charge < -0.3 is 14.7 Å². The molecular formula is C16H27N3O2S.